The summed E-state index contributed by atoms with van der Waals surface area (Å²) in [4.78, 5) is 4.22. The van der Waals surface area contributed by atoms with Crippen molar-refractivity contribution >= 4 is 11.8 Å². The van der Waals surface area contributed by atoms with Crippen LogP contribution < -0.4 is 5.32 Å². The van der Waals surface area contributed by atoms with Gasteiger partial charge >= 0.3 is 0 Å². The first kappa shape index (κ1) is 12.2. The van der Waals surface area contributed by atoms with E-state index in [1.165, 1.54) is 50.3 Å². The molecule has 1 unspecified atom stereocenters. The highest BCUT2D eigenvalue weighted by molar-refractivity contribution is 8.00. The second-order valence-corrected chi connectivity index (χ2v) is 7.58. The number of fused-ring (bicyclic) bond motifs is 2. The summed E-state index contributed by atoms with van der Waals surface area (Å²) in [5.74, 6) is 0.919. The number of rotatable bonds is 2. The third-order valence-corrected chi connectivity index (χ3v) is 6.15. The van der Waals surface area contributed by atoms with Crippen molar-refractivity contribution in [3.05, 3.63) is 29.8 Å². The minimum absolute atomic E-state index is 0.776. The Labute approximate surface area is 119 Å². The van der Waals surface area contributed by atoms with Crippen molar-refractivity contribution in [1.82, 2.24) is 10.2 Å². The third kappa shape index (κ3) is 2.44. The average Bonchev–Trinajstić information content (AvgIpc) is 3.00. The van der Waals surface area contributed by atoms with Crippen LogP contribution in [0.5, 0.6) is 0 Å². The number of thioether (sulfide) groups is 1. The molecule has 2 nitrogen and oxygen atoms in total. The average molecular weight is 274 g/mol. The normalized spacial score (nSPS) is 34.2. The minimum Gasteiger partial charge on any atom is -0.312 e. The number of likely N-dealkylation sites (tertiary alicyclic amines) is 1. The Balaban J connectivity index is 1.37. The Morgan fingerprint density at radius 1 is 1.26 bits per heavy atom. The molecule has 2 saturated heterocycles. The van der Waals surface area contributed by atoms with E-state index in [0.29, 0.717) is 0 Å². The van der Waals surface area contributed by atoms with E-state index < -0.39 is 0 Å². The zero-order chi connectivity index (χ0) is 12.7. The molecule has 3 heterocycles. The number of hydrogen-bond donors (Lipinski definition) is 1. The molecule has 0 amide bonds. The molecule has 3 atom stereocenters. The molecular formula is C16H22N2S. The molecule has 0 saturated carbocycles. The summed E-state index contributed by atoms with van der Waals surface area (Å²) in [7, 11) is 0. The second-order valence-electron chi connectivity index (χ2n) is 6.23. The van der Waals surface area contributed by atoms with Crippen LogP contribution in [-0.2, 0) is 6.42 Å². The zero-order valence-electron chi connectivity index (χ0n) is 11.3. The fraction of sp³-hybridized carbons (Fsp3) is 0.625. The van der Waals surface area contributed by atoms with Gasteiger partial charge in [-0.1, -0.05) is 18.2 Å². The van der Waals surface area contributed by atoms with Crippen LogP contribution in [-0.4, -0.2) is 42.4 Å². The molecule has 1 aromatic rings. The predicted molar refractivity (Wildman–Crippen MR) is 80.7 cm³/mol. The summed E-state index contributed by atoms with van der Waals surface area (Å²) in [6.45, 7) is 5.11. The molecule has 19 heavy (non-hydrogen) atoms. The first-order valence-corrected chi connectivity index (χ1v) is 8.47. The van der Waals surface area contributed by atoms with Gasteiger partial charge in [0.25, 0.3) is 0 Å². The lowest BCUT2D eigenvalue weighted by atomic mass is 9.94. The van der Waals surface area contributed by atoms with Crippen LogP contribution in [0.1, 0.15) is 18.4 Å². The van der Waals surface area contributed by atoms with E-state index in [1.54, 1.807) is 5.56 Å². The maximum absolute atomic E-state index is 3.70. The van der Waals surface area contributed by atoms with Crippen LogP contribution in [0.4, 0.5) is 0 Å². The summed E-state index contributed by atoms with van der Waals surface area (Å²) in [6.07, 6.45) is 4.07. The molecular weight excluding hydrogens is 252 g/mol. The van der Waals surface area contributed by atoms with Crippen molar-refractivity contribution in [3.63, 3.8) is 0 Å². The van der Waals surface area contributed by atoms with Gasteiger partial charge in [-0.05, 0) is 43.4 Å². The molecule has 0 aromatic heterocycles. The van der Waals surface area contributed by atoms with Crippen LogP contribution in [0.15, 0.2) is 29.2 Å². The van der Waals surface area contributed by atoms with E-state index in [0.717, 1.165) is 17.2 Å². The SMILES string of the molecule is c1ccc2c(c1)CC(CN1C[C@@H]3CCCN[C@@H]3C1)S2. The highest BCUT2D eigenvalue weighted by Gasteiger charge is 2.35. The Morgan fingerprint density at radius 2 is 2.21 bits per heavy atom. The van der Waals surface area contributed by atoms with E-state index >= 15 is 0 Å². The van der Waals surface area contributed by atoms with E-state index in [1.807, 2.05) is 0 Å². The Bertz CT molecular complexity index is 423. The molecule has 102 valence electrons. The summed E-state index contributed by atoms with van der Waals surface area (Å²) in [6, 6.07) is 9.71. The lowest BCUT2D eigenvalue weighted by Crippen LogP contribution is -2.41. The van der Waals surface area contributed by atoms with Gasteiger partial charge in [0.05, 0.1) is 0 Å². The molecule has 1 N–H and O–H groups in total. The van der Waals surface area contributed by atoms with Crippen molar-refractivity contribution in [2.24, 2.45) is 5.92 Å². The molecule has 3 heteroatoms. The van der Waals surface area contributed by atoms with Crippen molar-refractivity contribution in [2.75, 3.05) is 26.2 Å². The van der Waals surface area contributed by atoms with E-state index in [4.69, 9.17) is 0 Å². The molecule has 0 spiro atoms. The first-order chi connectivity index (χ1) is 9.38. The van der Waals surface area contributed by atoms with Gasteiger partial charge in [-0.2, -0.15) is 0 Å². The second kappa shape index (κ2) is 5.12. The van der Waals surface area contributed by atoms with E-state index in [-0.39, 0.29) is 0 Å². The lowest BCUT2D eigenvalue weighted by molar-refractivity contribution is 0.320. The van der Waals surface area contributed by atoms with Gasteiger partial charge in [0.1, 0.15) is 0 Å². The predicted octanol–water partition coefficient (Wildman–Crippen LogP) is 2.39. The fourth-order valence-electron chi connectivity index (χ4n) is 3.93. The number of nitrogens with zero attached hydrogens (tertiary/aromatic N) is 1. The number of hydrogen-bond acceptors (Lipinski definition) is 3. The molecule has 0 radical (unpaired) electrons. The van der Waals surface area contributed by atoms with Gasteiger partial charge in [0.2, 0.25) is 0 Å². The zero-order valence-corrected chi connectivity index (χ0v) is 12.2. The maximum Gasteiger partial charge on any atom is 0.0263 e. The molecule has 1 aromatic carbocycles. The van der Waals surface area contributed by atoms with Gasteiger partial charge in [-0.3, -0.25) is 0 Å². The van der Waals surface area contributed by atoms with Gasteiger partial charge < -0.3 is 10.2 Å². The quantitative estimate of drug-likeness (QED) is 0.891. The molecule has 0 bridgehead atoms. The molecule has 0 aliphatic carbocycles. The van der Waals surface area contributed by atoms with Crippen molar-refractivity contribution < 1.29 is 0 Å². The van der Waals surface area contributed by atoms with Crippen molar-refractivity contribution in [3.8, 4) is 0 Å². The van der Waals surface area contributed by atoms with Crippen LogP contribution in [0.25, 0.3) is 0 Å². The topological polar surface area (TPSA) is 15.3 Å². The van der Waals surface area contributed by atoms with Crippen molar-refractivity contribution in [2.45, 2.75) is 35.4 Å². The Morgan fingerprint density at radius 3 is 3.11 bits per heavy atom. The van der Waals surface area contributed by atoms with E-state index in [9.17, 15) is 0 Å². The molecule has 4 rings (SSSR count). The van der Waals surface area contributed by atoms with Gasteiger partial charge in [-0.25, -0.2) is 0 Å². The first-order valence-electron chi connectivity index (χ1n) is 7.59. The Kier molecular flexibility index (Phi) is 3.30. The summed E-state index contributed by atoms with van der Waals surface area (Å²) in [5.41, 5.74) is 1.56. The van der Waals surface area contributed by atoms with Crippen LogP contribution >= 0.6 is 11.8 Å². The number of nitrogens with one attached hydrogen (secondary N) is 1. The highest BCUT2D eigenvalue weighted by atomic mass is 32.2. The monoisotopic (exact) mass is 274 g/mol. The largest absolute Gasteiger partial charge is 0.312 e. The fourth-order valence-corrected chi connectivity index (χ4v) is 5.30. The smallest absolute Gasteiger partial charge is 0.0263 e. The highest BCUT2D eigenvalue weighted by Crippen LogP contribution is 2.38. The maximum atomic E-state index is 3.70. The minimum atomic E-state index is 0.776. The standard InChI is InChI=1S/C16H22N2S/c1-2-6-16-12(4-1)8-14(19-16)10-18-9-13-5-3-7-17-15(13)11-18/h1-2,4,6,13-15,17H,3,5,7-11H2/t13-,14?,15+/m0/s1. The Hall–Kier alpha value is -0.510. The van der Waals surface area contributed by atoms with Gasteiger partial charge in [0.15, 0.2) is 0 Å². The number of piperidine rings is 1. The third-order valence-electron chi connectivity index (χ3n) is 4.85. The summed E-state index contributed by atoms with van der Waals surface area (Å²) >= 11 is 2.09. The van der Waals surface area contributed by atoms with Crippen LogP contribution in [0.3, 0.4) is 0 Å². The molecule has 3 aliphatic heterocycles. The molecule has 2 fully saturated rings. The molecule has 3 aliphatic rings. The van der Waals surface area contributed by atoms with Crippen molar-refractivity contribution in [1.29, 1.82) is 0 Å². The number of benzene rings is 1. The van der Waals surface area contributed by atoms with Gasteiger partial charge in [-0.15, -0.1) is 11.8 Å². The van der Waals surface area contributed by atoms with E-state index in [2.05, 4.69) is 46.2 Å². The van der Waals surface area contributed by atoms with Crippen LogP contribution in [0, 0.1) is 5.92 Å². The van der Waals surface area contributed by atoms with Gasteiger partial charge in [0, 0.05) is 35.8 Å². The summed E-state index contributed by atoms with van der Waals surface area (Å²) < 4.78 is 0. The summed E-state index contributed by atoms with van der Waals surface area (Å²) in [5, 5.41) is 4.48. The lowest BCUT2D eigenvalue weighted by Gasteiger charge is -2.24. The van der Waals surface area contributed by atoms with Crippen LogP contribution in [0.2, 0.25) is 0 Å².